The fraction of sp³-hybridized carbons (Fsp3) is 0.450. The topological polar surface area (TPSA) is 79.6 Å². The number of aryl methyl sites for hydroxylation is 1. The van der Waals surface area contributed by atoms with Crippen LogP contribution in [-0.4, -0.2) is 22.4 Å². The van der Waals surface area contributed by atoms with E-state index in [9.17, 15) is 14.4 Å². The zero-order chi connectivity index (χ0) is 19.1. The molecule has 0 radical (unpaired) electrons. The van der Waals surface area contributed by atoms with Crippen LogP contribution in [0.5, 0.6) is 0 Å². The van der Waals surface area contributed by atoms with Crippen molar-refractivity contribution in [2.75, 3.05) is 0 Å². The van der Waals surface area contributed by atoms with Crippen LogP contribution >= 0.6 is 0 Å². The summed E-state index contributed by atoms with van der Waals surface area (Å²) in [4.78, 5) is 38.4. The van der Waals surface area contributed by atoms with E-state index in [0.717, 1.165) is 17.4 Å². The summed E-state index contributed by atoms with van der Waals surface area (Å²) in [6, 6.07) is 6.46. The lowest BCUT2D eigenvalue weighted by Crippen LogP contribution is -2.44. The third-order valence-electron chi connectivity index (χ3n) is 4.88. The molecule has 1 aliphatic rings. The van der Waals surface area contributed by atoms with E-state index in [1.807, 2.05) is 19.1 Å². The maximum absolute atomic E-state index is 12.9. The predicted octanol–water partition coefficient (Wildman–Crippen LogP) is 3.35. The lowest BCUT2D eigenvalue weighted by molar-refractivity contribution is -0.131. The van der Waals surface area contributed by atoms with Crippen molar-refractivity contribution in [1.29, 1.82) is 0 Å². The molecular weight excluding hydrogens is 332 g/mol. The van der Waals surface area contributed by atoms with E-state index < -0.39 is 17.2 Å². The van der Waals surface area contributed by atoms with Crippen molar-refractivity contribution < 1.29 is 14.0 Å². The third kappa shape index (κ3) is 3.36. The number of amides is 3. The van der Waals surface area contributed by atoms with Gasteiger partial charge in [0.25, 0.3) is 5.91 Å². The van der Waals surface area contributed by atoms with Crippen molar-refractivity contribution >= 4 is 22.9 Å². The number of fused-ring (bicyclic) bond motifs is 1. The van der Waals surface area contributed by atoms with E-state index in [-0.39, 0.29) is 12.5 Å². The number of carbonyl (C=O) groups excluding carboxylic acids is 2. The van der Waals surface area contributed by atoms with Crippen molar-refractivity contribution in [3.63, 3.8) is 0 Å². The smallest absolute Gasteiger partial charge is 0.336 e. The standard InChI is InChI=1S/C20H24N2O4/c1-12(2)7-8-20(4)18(24)22(19(25)21-20)11-14-10-17(23)26-16-9-13(3)5-6-15(14)16/h5-6,9-10,12H,7-8,11H2,1-4H3,(H,21,25)/t20-/m0/s1. The van der Waals surface area contributed by atoms with Gasteiger partial charge < -0.3 is 9.73 Å². The van der Waals surface area contributed by atoms with Crippen LogP contribution in [0.25, 0.3) is 11.0 Å². The summed E-state index contributed by atoms with van der Waals surface area (Å²) in [6.45, 7) is 7.88. The number of benzene rings is 1. The van der Waals surface area contributed by atoms with Crippen LogP contribution in [0.3, 0.4) is 0 Å². The van der Waals surface area contributed by atoms with Gasteiger partial charge in [0, 0.05) is 11.5 Å². The molecule has 1 aromatic heterocycles. The molecule has 138 valence electrons. The molecule has 6 nitrogen and oxygen atoms in total. The summed E-state index contributed by atoms with van der Waals surface area (Å²) in [5.41, 5.74) is 0.643. The van der Waals surface area contributed by atoms with Gasteiger partial charge in [0.1, 0.15) is 11.1 Å². The zero-order valence-electron chi connectivity index (χ0n) is 15.6. The number of hydrogen-bond donors (Lipinski definition) is 1. The quantitative estimate of drug-likeness (QED) is 0.658. The number of nitrogens with zero attached hydrogens (tertiary/aromatic N) is 1. The van der Waals surface area contributed by atoms with E-state index >= 15 is 0 Å². The molecule has 3 amide bonds. The van der Waals surface area contributed by atoms with Crippen LogP contribution in [0.4, 0.5) is 4.79 Å². The average Bonchev–Trinajstić information content (AvgIpc) is 2.76. The van der Waals surface area contributed by atoms with Crippen LogP contribution < -0.4 is 10.9 Å². The summed E-state index contributed by atoms with van der Waals surface area (Å²) < 4.78 is 5.25. The minimum atomic E-state index is -0.896. The highest BCUT2D eigenvalue weighted by atomic mass is 16.4. The van der Waals surface area contributed by atoms with Crippen LogP contribution in [0.15, 0.2) is 33.5 Å². The van der Waals surface area contributed by atoms with Gasteiger partial charge in [0.15, 0.2) is 0 Å². The van der Waals surface area contributed by atoms with Gasteiger partial charge in [-0.1, -0.05) is 26.0 Å². The molecule has 3 rings (SSSR count). The van der Waals surface area contributed by atoms with Crippen LogP contribution in [0.2, 0.25) is 0 Å². The molecule has 2 heterocycles. The predicted molar refractivity (Wildman–Crippen MR) is 98.8 cm³/mol. The lowest BCUT2D eigenvalue weighted by Gasteiger charge is -2.22. The molecule has 0 bridgehead atoms. The first kappa shape index (κ1) is 18.2. The Balaban J connectivity index is 1.92. The van der Waals surface area contributed by atoms with Crippen LogP contribution in [0, 0.1) is 12.8 Å². The Kier molecular flexibility index (Phi) is 4.61. The molecule has 26 heavy (non-hydrogen) atoms. The van der Waals surface area contributed by atoms with Gasteiger partial charge in [0.05, 0.1) is 6.54 Å². The molecule has 1 N–H and O–H groups in total. The Morgan fingerprint density at radius 3 is 2.62 bits per heavy atom. The minimum Gasteiger partial charge on any atom is -0.423 e. The molecular formula is C20H24N2O4. The van der Waals surface area contributed by atoms with E-state index in [1.54, 1.807) is 13.0 Å². The summed E-state index contributed by atoms with van der Waals surface area (Å²) in [5, 5.41) is 3.54. The van der Waals surface area contributed by atoms with E-state index in [1.165, 1.54) is 11.0 Å². The average molecular weight is 356 g/mol. The minimum absolute atomic E-state index is 0.0487. The van der Waals surface area contributed by atoms with Crippen LogP contribution in [-0.2, 0) is 11.3 Å². The first-order valence-electron chi connectivity index (χ1n) is 8.87. The lowest BCUT2D eigenvalue weighted by atomic mass is 9.92. The number of carbonyl (C=O) groups is 2. The van der Waals surface area contributed by atoms with E-state index in [4.69, 9.17) is 4.42 Å². The van der Waals surface area contributed by atoms with Gasteiger partial charge >= 0.3 is 11.7 Å². The Hall–Kier alpha value is -2.63. The summed E-state index contributed by atoms with van der Waals surface area (Å²) in [6.07, 6.45) is 1.43. The molecule has 1 aromatic carbocycles. The van der Waals surface area contributed by atoms with Gasteiger partial charge in [0.2, 0.25) is 0 Å². The van der Waals surface area contributed by atoms with Crippen molar-refractivity contribution in [3.8, 4) is 0 Å². The maximum Gasteiger partial charge on any atom is 0.336 e. The van der Waals surface area contributed by atoms with Gasteiger partial charge in [-0.15, -0.1) is 0 Å². The second-order valence-corrected chi connectivity index (χ2v) is 7.68. The number of hydrogen-bond acceptors (Lipinski definition) is 4. The van der Waals surface area contributed by atoms with Gasteiger partial charge in [-0.05, 0) is 49.8 Å². The number of imide groups is 1. The molecule has 0 spiro atoms. The van der Waals surface area contributed by atoms with Crippen molar-refractivity contribution in [2.45, 2.75) is 52.6 Å². The van der Waals surface area contributed by atoms with Crippen LogP contribution in [0.1, 0.15) is 44.7 Å². The molecule has 6 heteroatoms. The summed E-state index contributed by atoms with van der Waals surface area (Å²) >= 11 is 0. The first-order valence-corrected chi connectivity index (χ1v) is 8.87. The highest BCUT2D eigenvalue weighted by Crippen LogP contribution is 2.27. The molecule has 0 saturated carbocycles. The third-order valence-corrected chi connectivity index (χ3v) is 4.88. The monoisotopic (exact) mass is 356 g/mol. The highest BCUT2D eigenvalue weighted by Gasteiger charge is 2.47. The Morgan fingerprint density at radius 1 is 1.19 bits per heavy atom. The number of nitrogens with one attached hydrogen (secondary N) is 1. The van der Waals surface area contributed by atoms with Crippen molar-refractivity contribution in [2.24, 2.45) is 5.92 Å². The van der Waals surface area contributed by atoms with E-state index in [0.29, 0.717) is 23.5 Å². The SMILES string of the molecule is Cc1ccc2c(CN3C(=O)N[C@@](C)(CCC(C)C)C3=O)cc(=O)oc2c1. The van der Waals surface area contributed by atoms with Crippen molar-refractivity contribution in [1.82, 2.24) is 10.2 Å². The normalized spacial score (nSPS) is 20.3. The van der Waals surface area contributed by atoms with Crippen molar-refractivity contribution in [3.05, 3.63) is 45.8 Å². The Bertz CT molecular complexity index is 931. The maximum atomic E-state index is 12.9. The van der Waals surface area contributed by atoms with E-state index in [2.05, 4.69) is 19.2 Å². The molecule has 1 atom stereocenters. The second kappa shape index (κ2) is 6.59. The number of rotatable bonds is 5. The zero-order valence-corrected chi connectivity index (χ0v) is 15.6. The largest absolute Gasteiger partial charge is 0.423 e. The van der Waals surface area contributed by atoms with Gasteiger partial charge in [-0.3, -0.25) is 9.69 Å². The Labute approximate surface area is 152 Å². The fourth-order valence-electron chi connectivity index (χ4n) is 3.28. The second-order valence-electron chi connectivity index (χ2n) is 7.68. The van der Waals surface area contributed by atoms with Gasteiger partial charge in [-0.2, -0.15) is 0 Å². The fourth-order valence-corrected chi connectivity index (χ4v) is 3.28. The molecule has 0 aliphatic carbocycles. The highest BCUT2D eigenvalue weighted by molar-refractivity contribution is 6.06. The Morgan fingerprint density at radius 2 is 1.92 bits per heavy atom. The van der Waals surface area contributed by atoms with Gasteiger partial charge in [-0.25, -0.2) is 9.59 Å². The first-order chi connectivity index (χ1) is 12.2. The summed E-state index contributed by atoms with van der Waals surface area (Å²) in [5.74, 6) is 0.188. The molecule has 1 fully saturated rings. The number of urea groups is 1. The molecule has 1 saturated heterocycles. The molecule has 0 unspecified atom stereocenters. The summed E-state index contributed by atoms with van der Waals surface area (Å²) in [7, 11) is 0. The molecule has 2 aromatic rings. The molecule has 1 aliphatic heterocycles.